The molecule has 0 unspecified atom stereocenters. The molecule has 0 fully saturated rings. The molecule has 43 nitrogen and oxygen atoms in total. The number of aryl methyl sites for hydroxylation is 3. The monoisotopic (exact) mass is 1900 g/mol. The number of thioether (sulfide) groups is 7. The van der Waals surface area contributed by atoms with E-state index < -0.39 is 41.8 Å². The SMILES string of the molecule is COc1cc(-c2nc(SCC(=O)O)n[nH]2)ccc1C.COc1cc(OC)cc(-c2nc(SCC(=O)O)n[nH]2)c1.COc1ccc(O)c(-c2nc(SCC(=O)O)n[nH]2)c1.COc1cccc(-c2nc(SCC(=O)O)n[nH]2)c1.Cc1ccc(-c2nc(SCC(=O)O)n[nH]2)cc1O.Cc1ccc(O)c(-c2nc(SCC(=O)O)n[nH]2)c1.O=C(O)CSc1n[nH]c(-c2cccc(F)c2)n1. The first-order valence-electron chi connectivity index (χ1n) is 36.4. The number of aromatic nitrogens is 21. The summed E-state index contributed by atoms with van der Waals surface area (Å²) in [5.74, 6) is -0.375. The minimum absolute atomic E-state index is 0.0340. The Morgan fingerprint density at radius 3 is 0.953 bits per heavy atom. The highest BCUT2D eigenvalue weighted by molar-refractivity contribution is 8.01. The van der Waals surface area contributed by atoms with E-state index in [1.807, 2.05) is 56.3 Å². The number of phenolic OH excluding ortho intramolecular Hbond substituents is 3. The van der Waals surface area contributed by atoms with Crippen molar-refractivity contribution in [2.24, 2.45) is 0 Å². The van der Waals surface area contributed by atoms with E-state index in [9.17, 15) is 53.3 Å². The standard InChI is InChI=1S/C12H13N3O4S.C12H13N3O3S.C11H11N3O4S.3C11H11N3O3S.C10H8FN3O2S/c1-18-8-3-7(4-9(5-8)19-2)11-13-12(15-14-11)20-6-10(16)17;1-7-3-4-8(5-9(7)18-2)11-13-12(15-14-11)19-6-10(16)17;1-18-6-2-3-8(15)7(4-6)10-12-11(14-13-10)19-5-9(16)17;1-6-2-3-7(4-8(6)15)10-12-11(14-13-10)18-5-9(16)17;1-6-2-3-8(15)7(4-6)10-12-11(14-13-10)18-5-9(16)17;1-17-8-4-2-3-7(5-8)10-12-11(14-13-10)18-6-9(15)16;11-7-3-1-2-6(4-7)9-12-10(14-13-9)17-5-8(15)16/h3-5H,6H2,1-2H3,(H,16,17)(H,13,14,15);3-5H,6H2,1-2H3,(H,16,17)(H,13,14,15);2-4,15H,5H2,1H3,(H,16,17)(H,12,13,14);2*2-4,15H,5H2,1H3,(H,16,17)(H,12,13,14);2-5H,6H2,1H3,(H,15,16)(H,12,13,14);1-4H,5H2,(H,15,16)(H,12,13,14). The van der Waals surface area contributed by atoms with Gasteiger partial charge in [-0.15, -0.1) is 35.7 Å². The average molecular weight is 1910 g/mol. The number of phenols is 3. The molecule has 0 aliphatic rings. The summed E-state index contributed by atoms with van der Waals surface area (Å²) in [6.07, 6.45) is 0. The number of carboxylic acid groups (broad SMARTS) is 7. The molecule has 17 N–H and O–H groups in total. The maximum absolute atomic E-state index is 13.0. The van der Waals surface area contributed by atoms with Gasteiger partial charge in [0.1, 0.15) is 51.8 Å². The van der Waals surface area contributed by atoms with Gasteiger partial charge in [0.2, 0.25) is 36.1 Å². The summed E-state index contributed by atoms with van der Waals surface area (Å²) >= 11 is 7.24. The van der Waals surface area contributed by atoms with Crippen LogP contribution in [0.4, 0.5) is 4.39 Å². The Hall–Kier alpha value is -14.4. The number of H-pyrrole nitrogens is 7. The zero-order chi connectivity index (χ0) is 93.6. The number of aromatic amines is 7. The van der Waals surface area contributed by atoms with Gasteiger partial charge >= 0.3 is 41.8 Å². The van der Waals surface area contributed by atoms with E-state index in [0.29, 0.717) is 116 Å². The molecular formula is C78H78FN21O22S7. The van der Waals surface area contributed by atoms with Gasteiger partial charge in [-0.2, -0.15) is 0 Å². The van der Waals surface area contributed by atoms with Crippen LogP contribution in [0.15, 0.2) is 176 Å². The fourth-order valence-electron chi connectivity index (χ4n) is 9.69. The fourth-order valence-corrected chi connectivity index (χ4v) is 13.3. The Morgan fingerprint density at radius 1 is 0.295 bits per heavy atom. The molecule has 0 bridgehead atoms. The van der Waals surface area contributed by atoms with Crippen molar-refractivity contribution in [3.05, 3.63) is 162 Å². The number of nitrogens with one attached hydrogen (secondary N) is 7. The Kier molecular flexibility index (Phi) is 39.3. The van der Waals surface area contributed by atoms with E-state index in [4.69, 9.17) is 59.4 Å². The summed E-state index contributed by atoms with van der Waals surface area (Å²) in [5, 5.41) is 138. The van der Waals surface area contributed by atoms with Crippen LogP contribution in [-0.4, -0.2) is 275 Å². The summed E-state index contributed by atoms with van der Waals surface area (Å²) in [7, 11) is 7.85. The summed E-state index contributed by atoms with van der Waals surface area (Å²) in [6.45, 7) is 5.66. The number of rotatable bonds is 33. The number of halogens is 1. The molecule has 0 amide bonds. The highest BCUT2D eigenvalue weighted by Gasteiger charge is 2.19. The van der Waals surface area contributed by atoms with Crippen molar-refractivity contribution in [2.75, 3.05) is 75.8 Å². The molecule has 0 aliphatic heterocycles. The molecule has 7 aromatic heterocycles. The topological polar surface area (TPSA) is 659 Å². The molecule has 0 saturated carbocycles. The van der Waals surface area contributed by atoms with E-state index in [1.54, 1.807) is 114 Å². The fraction of sp³-hybridized carbons (Fsp3) is 0.192. The van der Waals surface area contributed by atoms with Gasteiger partial charge in [-0.25, -0.2) is 39.3 Å². The molecule has 14 aromatic rings. The molecule has 7 heterocycles. The van der Waals surface area contributed by atoms with Gasteiger partial charge in [0.15, 0.2) is 40.8 Å². The van der Waals surface area contributed by atoms with Crippen LogP contribution >= 0.6 is 82.3 Å². The predicted octanol–water partition coefficient (Wildman–Crippen LogP) is 11.8. The van der Waals surface area contributed by atoms with Crippen molar-refractivity contribution < 1.29 is 113 Å². The van der Waals surface area contributed by atoms with Gasteiger partial charge in [0.25, 0.3) is 0 Å². The Morgan fingerprint density at radius 2 is 0.597 bits per heavy atom. The minimum Gasteiger partial charge on any atom is -0.508 e. The zero-order valence-corrected chi connectivity index (χ0v) is 74.3. The second kappa shape index (κ2) is 50.7. The highest BCUT2D eigenvalue weighted by Crippen LogP contribution is 2.35. The first-order valence-corrected chi connectivity index (χ1v) is 43.3. The molecule has 676 valence electrons. The normalized spacial score (nSPS) is 10.4. The number of carbonyl (C=O) groups is 7. The summed E-state index contributed by atoms with van der Waals surface area (Å²) in [6, 6.07) is 39.3. The van der Waals surface area contributed by atoms with E-state index >= 15 is 0 Å². The number of carboxylic acids is 7. The van der Waals surface area contributed by atoms with Gasteiger partial charge < -0.3 is 74.7 Å². The molecule has 0 aliphatic carbocycles. The smallest absolute Gasteiger partial charge is 0.313 e. The Balaban J connectivity index is 0.000000186. The largest absolute Gasteiger partial charge is 0.508 e. The van der Waals surface area contributed by atoms with Crippen molar-refractivity contribution in [1.82, 2.24) is 106 Å². The molecule has 14 rings (SSSR count). The van der Waals surface area contributed by atoms with E-state index in [-0.39, 0.29) is 63.3 Å². The first kappa shape index (κ1) is 100. The zero-order valence-electron chi connectivity index (χ0n) is 68.6. The average Bonchev–Trinajstić information content (AvgIpc) is 1.78. The van der Waals surface area contributed by atoms with E-state index in [0.717, 1.165) is 127 Å². The van der Waals surface area contributed by atoms with Gasteiger partial charge in [0.05, 0.1) is 86.9 Å². The van der Waals surface area contributed by atoms with Gasteiger partial charge in [-0.05, 0) is 111 Å². The lowest BCUT2D eigenvalue weighted by Gasteiger charge is -2.06. The third-order valence-corrected chi connectivity index (χ3v) is 21.4. The van der Waals surface area contributed by atoms with Crippen LogP contribution in [0.1, 0.15) is 16.7 Å². The summed E-state index contributed by atoms with van der Waals surface area (Å²) in [5.41, 5.74) is 7.48. The highest BCUT2D eigenvalue weighted by atomic mass is 32.2. The molecule has 0 spiro atoms. The number of hydrogen-bond donors (Lipinski definition) is 17. The van der Waals surface area contributed by atoms with Crippen LogP contribution < -0.4 is 23.7 Å². The van der Waals surface area contributed by atoms with Crippen molar-refractivity contribution in [3.63, 3.8) is 0 Å². The molecular weight excluding hydrogens is 1830 g/mol. The van der Waals surface area contributed by atoms with Crippen LogP contribution in [0.2, 0.25) is 0 Å². The lowest BCUT2D eigenvalue weighted by atomic mass is 10.1. The lowest BCUT2D eigenvalue weighted by molar-refractivity contribution is -0.134. The summed E-state index contributed by atoms with van der Waals surface area (Å²) in [4.78, 5) is 102. The number of aliphatic carboxylic acids is 7. The minimum atomic E-state index is -0.944. The van der Waals surface area contributed by atoms with Crippen LogP contribution in [-0.2, 0) is 33.6 Å². The van der Waals surface area contributed by atoms with E-state index in [1.165, 1.54) is 25.3 Å². The Labute approximate surface area is 758 Å². The Bertz CT molecular complexity index is 6090. The number of aromatic hydroxyl groups is 3. The van der Waals surface area contributed by atoms with Crippen molar-refractivity contribution in [2.45, 2.75) is 56.9 Å². The maximum Gasteiger partial charge on any atom is 0.313 e. The first-order chi connectivity index (χ1) is 61.8. The quantitative estimate of drug-likeness (QED) is 0.0170. The molecule has 51 heteroatoms. The van der Waals surface area contributed by atoms with Crippen molar-refractivity contribution in [1.29, 1.82) is 0 Å². The number of methoxy groups -OCH3 is 5. The van der Waals surface area contributed by atoms with Crippen molar-refractivity contribution in [3.8, 4) is 126 Å². The number of hydrogen-bond acceptors (Lipinski definition) is 36. The second-order valence-corrected chi connectivity index (χ2v) is 31.6. The molecule has 0 saturated heterocycles. The number of nitrogens with zero attached hydrogens (tertiary/aromatic N) is 14. The van der Waals surface area contributed by atoms with Crippen molar-refractivity contribution >= 4 is 124 Å². The second-order valence-electron chi connectivity index (χ2n) is 25.0. The van der Waals surface area contributed by atoms with Crippen LogP contribution in [0.5, 0.6) is 46.0 Å². The lowest BCUT2D eigenvalue weighted by Crippen LogP contribution is -1.97. The molecule has 7 aromatic carbocycles. The third kappa shape index (κ3) is 33.5. The molecule has 0 radical (unpaired) electrons. The summed E-state index contributed by atoms with van der Waals surface area (Å²) < 4.78 is 38.8. The van der Waals surface area contributed by atoms with Crippen LogP contribution in [0.3, 0.4) is 0 Å². The third-order valence-electron chi connectivity index (χ3n) is 15.6. The molecule has 0 atom stereocenters. The van der Waals surface area contributed by atoms with Gasteiger partial charge in [0, 0.05) is 33.9 Å². The maximum atomic E-state index is 13.0. The number of benzene rings is 7. The number of ether oxygens (including phenoxy) is 5. The van der Waals surface area contributed by atoms with E-state index in [2.05, 4.69) is 106 Å². The van der Waals surface area contributed by atoms with Crippen LogP contribution in [0, 0.1) is 26.6 Å². The van der Waals surface area contributed by atoms with Crippen LogP contribution in [0.25, 0.3) is 79.7 Å². The van der Waals surface area contributed by atoms with Gasteiger partial charge in [-0.1, -0.05) is 142 Å². The predicted molar refractivity (Wildman–Crippen MR) is 473 cm³/mol. The molecule has 129 heavy (non-hydrogen) atoms. The van der Waals surface area contributed by atoms with Gasteiger partial charge in [-0.3, -0.25) is 69.3 Å².